The summed E-state index contributed by atoms with van der Waals surface area (Å²) >= 11 is 0. The van der Waals surface area contributed by atoms with Crippen LogP contribution in [-0.2, 0) is 4.79 Å². The first-order valence-corrected chi connectivity index (χ1v) is 6.49. The molecule has 2 rings (SSSR count). The molecule has 0 saturated carbocycles. The van der Waals surface area contributed by atoms with Gasteiger partial charge in [0.15, 0.2) is 0 Å². The second-order valence-electron chi connectivity index (χ2n) is 4.93. The number of aryl methyl sites for hydroxylation is 1. The summed E-state index contributed by atoms with van der Waals surface area (Å²) in [4.78, 5) is 25.0. The summed E-state index contributed by atoms with van der Waals surface area (Å²) in [7, 11) is 0. The minimum Gasteiger partial charge on any atom is -0.369 e. The highest BCUT2D eigenvalue weighted by Crippen LogP contribution is 2.18. The van der Waals surface area contributed by atoms with Crippen molar-refractivity contribution in [2.75, 3.05) is 18.4 Å². The number of rotatable bonds is 2. The second kappa shape index (κ2) is 5.73. The van der Waals surface area contributed by atoms with E-state index in [2.05, 4.69) is 5.32 Å². The van der Waals surface area contributed by atoms with Gasteiger partial charge in [0.1, 0.15) is 0 Å². The van der Waals surface area contributed by atoms with E-state index in [1.165, 1.54) is 0 Å². The van der Waals surface area contributed by atoms with Crippen molar-refractivity contribution < 1.29 is 9.59 Å². The van der Waals surface area contributed by atoms with Gasteiger partial charge < -0.3 is 16.0 Å². The highest BCUT2D eigenvalue weighted by Gasteiger charge is 2.27. The number of benzene rings is 1. The number of carbonyl (C=O) groups is 2. The largest absolute Gasteiger partial charge is 0.369 e. The Labute approximate surface area is 112 Å². The van der Waals surface area contributed by atoms with E-state index < -0.39 is 0 Å². The summed E-state index contributed by atoms with van der Waals surface area (Å²) in [6, 6.07) is 7.45. The standard InChI is InChI=1S/C14H19N3O2/c1-10-5-2-3-7-12(10)16-14(19)17-8-4-6-11(9-17)13(15)18/h2-3,5,7,11H,4,6,8-9H2,1H3,(H2,15,18)(H,16,19)/t11-/m1/s1. The van der Waals surface area contributed by atoms with Crippen molar-refractivity contribution in [3.05, 3.63) is 29.8 Å². The van der Waals surface area contributed by atoms with E-state index in [1.807, 2.05) is 31.2 Å². The van der Waals surface area contributed by atoms with Crippen LogP contribution in [0.15, 0.2) is 24.3 Å². The fraction of sp³-hybridized carbons (Fsp3) is 0.429. The van der Waals surface area contributed by atoms with E-state index in [0.29, 0.717) is 13.1 Å². The lowest BCUT2D eigenvalue weighted by Crippen LogP contribution is -2.45. The summed E-state index contributed by atoms with van der Waals surface area (Å²) in [5, 5.41) is 2.87. The van der Waals surface area contributed by atoms with E-state index in [1.54, 1.807) is 4.90 Å². The molecule has 0 spiro atoms. The number of nitrogens with one attached hydrogen (secondary N) is 1. The smallest absolute Gasteiger partial charge is 0.321 e. The first kappa shape index (κ1) is 13.4. The normalized spacial score (nSPS) is 19.0. The Bertz CT molecular complexity index is 487. The van der Waals surface area contributed by atoms with Crippen LogP contribution < -0.4 is 11.1 Å². The molecule has 1 aliphatic heterocycles. The summed E-state index contributed by atoms with van der Waals surface area (Å²) in [6.45, 7) is 3.02. The molecular formula is C14H19N3O2. The van der Waals surface area contributed by atoms with Gasteiger partial charge in [0.2, 0.25) is 5.91 Å². The Hall–Kier alpha value is -2.04. The number of nitrogens with two attached hydrogens (primary N) is 1. The number of amides is 3. The number of nitrogens with zero attached hydrogens (tertiary/aromatic N) is 1. The van der Waals surface area contributed by atoms with Gasteiger partial charge in [-0.25, -0.2) is 4.79 Å². The molecule has 1 aromatic rings. The number of carbonyl (C=O) groups excluding carboxylic acids is 2. The third-order valence-corrected chi connectivity index (χ3v) is 3.50. The van der Waals surface area contributed by atoms with Gasteiger partial charge in [-0.05, 0) is 31.4 Å². The molecule has 0 radical (unpaired) electrons. The first-order chi connectivity index (χ1) is 9.08. The summed E-state index contributed by atoms with van der Waals surface area (Å²) in [6.07, 6.45) is 1.58. The van der Waals surface area contributed by atoms with Crippen molar-refractivity contribution in [1.82, 2.24) is 4.90 Å². The summed E-state index contributed by atoms with van der Waals surface area (Å²) in [5.74, 6) is -0.551. The Morgan fingerprint density at radius 3 is 2.79 bits per heavy atom. The van der Waals surface area contributed by atoms with Crippen molar-refractivity contribution in [3.8, 4) is 0 Å². The fourth-order valence-corrected chi connectivity index (χ4v) is 2.30. The van der Waals surface area contributed by atoms with Crippen LogP contribution in [0.2, 0.25) is 0 Å². The topological polar surface area (TPSA) is 75.4 Å². The van der Waals surface area contributed by atoms with Crippen LogP contribution in [-0.4, -0.2) is 29.9 Å². The molecular weight excluding hydrogens is 242 g/mol. The molecule has 0 aromatic heterocycles. The van der Waals surface area contributed by atoms with E-state index >= 15 is 0 Å². The zero-order valence-corrected chi connectivity index (χ0v) is 11.1. The zero-order valence-electron chi connectivity index (χ0n) is 11.1. The van der Waals surface area contributed by atoms with Gasteiger partial charge >= 0.3 is 6.03 Å². The highest BCUT2D eigenvalue weighted by atomic mass is 16.2. The number of likely N-dealkylation sites (tertiary alicyclic amines) is 1. The number of anilines is 1. The Kier molecular flexibility index (Phi) is 4.04. The zero-order chi connectivity index (χ0) is 13.8. The molecule has 0 aliphatic carbocycles. The third kappa shape index (κ3) is 3.24. The number of urea groups is 1. The average molecular weight is 261 g/mol. The van der Waals surface area contributed by atoms with Crippen LogP contribution in [0.3, 0.4) is 0 Å². The molecule has 1 fully saturated rings. The SMILES string of the molecule is Cc1ccccc1NC(=O)N1CCC[C@@H](C(N)=O)C1. The molecule has 3 N–H and O–H groups in total. The molecule has 19 heavy (non-hydrogen) atoms. The van der Waals surface area contributed by atoms with Crippen molar-refractivity contribution >= 4 is 17.6 Å². The Morgan fingerprint density at radius 1 is 1.37 bits per heavy atom. The number of para-hydroxylation sites is 1. The molecule has 5 nitrogen and oxygen atoms in total. The maximum Gasteiger partial charge on any atom is 0.321 e. The minimum atomic E-state index is -0.326. The van der Waals surface area contributed by atoms with Gasteiger partial charge in [0, 0.05) is 18.8 Å². The molecule has 102 valence electrons. The van der Waals surface area contributed by atoms with Crippen molar-refractivity contribution in [2.45, 2.75) is 19.8 Å². The monoisotopic (exact) mass is 261 g/mol. The van der Waals surface area contributed by atoms with Gasteiger partial charge in [-0.1, -0.05) is 18.2 Å². The van der Waals surface area contributed by atoms with Gasteiger partial charge in [0.25, 0.3) is 0 Å². The van der Waals surface area contributed by atoms with Crippen LogP contribution in [0.4, 0.5) is 10.5 Å². The van der Waals surface area contributed by atoms with Gasteiger partial charge in [-0.2, -0.15) is 0 Å². The summed E-state index contributed by atoms with van der Waals surface area (Å²) < 4.78 is 0. The second-order valence-corrected chi connectivity index (χ2v) is 4.93. The average Bonchev–Trinajstić information content (AvgIpc) is 2.41. The minimum absolute atomic E-state index is 0.166. The first-order valence-electron chi connectivity index (χ1n) is 6.49. The van der Waals surface area contributed by atoms with E-state index in [9.17, 15) is 9.59 Å². The third-order valence-electron chi connectivity index (χ3n) is 3.50. The Morgan fingerprint density at radius 2 is 2.11 bits per heavy atom. The maximum atomic E-state index is 12.2. The predicted octanol–water partition coefficient (Wildman–Crippen LogP) is 1.72. The van der Waals surface area contributed by atoms with Gasteiger partial charge in [-0.15, -0.1) is 0 Å². The lowest BCUT2D eigenvalue weighted by atomic mass is 9.98. The lowest BCUT2D eigenvalue weighted by molar-refractivity contribution is -0.123. The number of hydrogen-bond acceptors (Lipinski definition) is 2. The quantitative estimate of drug-likeness (QED) is 0.850. The predicted molar refractivity (Wildman–Crippen MR) is 73.7 cm³/mol. The molecule has 1 atom stereocenters. The molecule has 5 heteroatoms. The highest BCUT2D eigenvalue weighted by molar-refractivity contribution is 5.90. The van der Waals surface area contributed by atoms with Crippen molar-refractivity contribution in [1.29, 1.82) is 0 Å². The maximum absolute atomic E-state index is 12.2. The van der Waals surface area contributed by atoms with Crippen LogP contribution in [0.1, 0.15) is 18.4 Å². The molecule has 1 aromatic carbocycles. The van der Waals surface area contributed by atoms with Gasteiger partial charge in [0.05, 0.1) is 5.92 Å². The van der Waals surface area contributed by atoms with E-state index in [-0.39, 0.29) is 17.9 Å². The number of primary amides is 1. The molecule has 0 bridgehead atoms. The summed E-state index contributed by atoms with van der Waals surface area (Å²) in [5.41, 5.74) is 7.12. The number of hydrogen-bond donors (Lipinski definition) is 2. The lowest BCUT2D eigenvalue weighted by Gasteiger charge is -2.31. The van der Waals surface area contributed by atoms with Crippen molar-refractivity contribution in [2.24, 2.45) is 11.7 Å². The van der Waals surface area contributed by atoms with Crippen molar-refractivity contribution in [3.63, 3.8) is 0 Å². The molecule has 3 amide bonds. The van der Waals surface area contributed by atoms with Gasteiger partial charge in [-0.3, -0.25) is 4.79 Å². The molecule has 1 aliphatic rings. The van der Waals surface area contributed by atoms with Crippen LogP contribution in [0.5, 0.6) is 0 Å². The molecule has 1 heterocycles. The van der Waals surface area contributed by atoms with Crippen LogP contribution in [0.25, 0.3) is 0 Å². The molecule has 1 saturated heterocycles. The van der Waals surface area contributed by atoms with E-state index in [0.717, 1.165) is 24.1 Å². The van der Waals surface area contributed by atoms with Crippen LogP contribution in [0, 0.1) is 12.8 Å². The fourth-order valence-electron chi connectivity index (χ4n) is 2.30. The van der Waals surface area contributed by atoms with E-state index in [4.69, 9.17) is 5.73 Å². The number of piperidine rings is 1. The Balaban J connectivity index is 2.00. The van der Waals surface area contributed by atoms with Crippen LogP contribution >= 0.6 is 0 Å². The molecule has 0 unspecified atom stereocenters.